The quantitative estimate of drug-likeness (QED) is 0.488. The van der Waals surface area contributed by atoms with E-state index >= 15 is 0 Å². The molecule has 96 valence electrons. The molecule has 1 aromatic rings. The molecule has 8 nitrogen and oxygen atoms in total. The van der Waals surface area contributed by atoms with Gasteiger partial charge >= 0.3 is 0 Å². The Labute approximate surface area is 98.6 Å². The number of hydrogen-bond acceptors (Lipinski definition) is 8. The van der Waals surface area contributed by atoms with Crippen LogP contribution in [0.1, 0.15) is 0 Å². The molecule has 1 rings (SSSR count). The summed E-state index contributed by atoms with van der Waals surface area (Å²) in [6, 6.07) is 2.77. The monoisotopic (exact) mass is 278 g/mol. The second-order valence-corrected chi connectivity index (χ2v) is 6.27. The van der Waals surface area contributed by atoms with Crippen LogP contribution in [0.2, 0.25) is 0 Å². The standard InChI is InChI=1S/C7H12N2O6P2/c10-16(11,12)5-9(6-17(13,14)15)7-2-1-3-8-4-7/h1-4H,5-6H2,(H2,10,11,12)(H2,13,14,15)/p-4. The Hall–Kier alpha value is -0.430. The van der Waals surface area contributed by atoms with Crippen LogP contribution in [0.3, 0.4) is 0 Å². The highest BCUT2D eigenvalue weighted by Gasteiger charge is 2.14. The third kappa shape index (κ3) is 6.16. The van der Waals surface area contributed by atoms with Gasteiger partial charge in [0.05, 0.1) is 11.9 Å². The van der Waals surface area contributed by atoms with Crippen LogP contribution in [0.15, 0.2) is 24.5 Å². The molecular weight excluding hydrogens is 270 g/mol. The molecule has 0 saturated heterocycles. The van der Waals surface area contributed by atoms with Gasteiger partial charge in [-0.15, -0.1) is 15.9 Å². The van der Waals surface area contributed by atoms with Crippen molar-refractivity contribution >= 4 is 21.6 Å². The molecule has 0 aliphatic rings. The lowest BCUT2D eigenvalue weighted by atomic mass is 10.4. The summed E-state index contributed by atoms with van der Waals surface area (Å²) in [7, 11) is -9.95. The summed E-state index contributed by atoms with van der Waals surface area (Å²) in [6.07, 6.45) is 0.384. The third-order valence-electron chi connectivity index (χ3n) is 1.70. The van der Waals surface area contributed by atoms with Crippen molar-refractivity contribution < 1.29 is 29.4 Å². The Kier molecular flexibility index (Phi) is 4.71. The van der Waals surface area contributed by atoms with Crippen molar-refractivity contribution in [1.29, 1.82) is 0 Å². The molecule has 0 aromatic carbocycles. The van der Waals surface area contributed by atoms with E-state index in [2.05, 4.69) is 4.98 Å². The summed E-state index contributed by atoms with van der Waals surface area (Å²) in [5.41, 5.74) is 0.0753. The van der Waals surface area contributed by atoms with Crippen molar-refractivity contribution in [3.63, 3.8) is 0 Å². The van der Waals surface area contributed by atoms with Gasteiger partial charge in [0.25, 0.3) is 0 Å². The van der Waals surface area contributed by atoms with Crippen molar-refractivity contribution in [3.8, 4) is 0 Å². The van der Waals surface area contributed by atoms with E-state index in [9.17, 15) is 29.4 Å². The minimum absolute atomic E-state index is 0.0753. The molecule has 0 unspecified atom stereocenters. The molecule has 1 aromatic heterocycles. The van der Waals surface area contributed by atoms with Gasteiger partial charge in [-0.3, -0.25) is 4.98 Å². The molecule has 0 amide bonds. The number of nitrogens with zero attached hydrogens (tertiary/aromatic N) is 2. The van der Waals surface area contributed by atoms with Crippen LogP contribution < -0.4 is 34.3 Å². The Bertz CT molecular complexity index is 336. The lowest BCUT2D eigenvalue weighted by Crippen LogP contribution is -2.47. The van der Waals surface area contributed by atoms with Gasteiger partial charge in [-0.05, 0) is 12.1 Å². The maximum atomic E-state index is 10.6. The Morgan fingerprint density at radius 2 is 1.53 bits per heavy atom. The molecule has 10 heteroatoms. The van der Waals surface area contributed by atoms with E-state index in [0.717, 1.165) is 6.20 Å². The van der Waals surface area contributed by atoms with Gasteiger partial charge in [0, 0.05) is 6.20 Å². The molecule has 0 bridgehead atoms. The summed E-state index contributed by atoms with van der Waals surface area (Å²) < 4.78 is 0. The number of anilines is 1. The minimum atomic E-state index is -4.97. The average Bonchev–Trinajstić information content (AvgIpc) is 2.14. The van der Waals surface area contributed by atoms with Gasteiger partial charge in [-0.2, -0.15) is 0 Å². The van der Waals surface area contributed by atoms with Crippen LogP contribution in [0, 0.1) is 0 Å². The number of aromatic nitrogens is 1. The van der Waals surface area contributed by atoms with E-state index in [-0.39, 0.29) is 5.69 Å². The van der Waals surface area contributed by atoms with Gasteiger partial charge in [-0.1, -0.05) is 0 Å². The van der Waals surface area contributed by atoms with Crippen LogP contribution in [-0.4, -0.2) is 17.6 Å². The molecule has 1 heterocycles. The number of hydrogen-bond donors (Lipinski definition) is 0. The first kappa shape index (κ1) is 14.6. The van der Waals surface area contributed by atoms with Crippen molar-refractivity contribution in [2.24, 2.45) is 0 Å². The fourth-order valence-electron chi connectivity index (χ4n) is 1.17. The molecule has 0 aliphatic heterocycles. The zero-order valence-electron chi connectivity index (χ0n) is 8.46. The first-order valence-electron chi connectivity index (χ1n) is 4.34. The molecule has 0 atom stereocenters. The first-order chi connectivity index (χ1) is 7.67. The topological polar surface area (TPSA) is 154 Å². The summed E-state index contributed by atoms with van der Waals surface area (Å²) in [5, 5.41) is 0. The maximum Gasteiger partial charge on any atom is 0.116 e. The van der Waals surface area contributed by atoms with Crippen molar-refractivity contribution in [3.05, 3.63) is 24.5 Å². The Morgan fingerprint density at radius 3 is 1.88 bits per heavy atom. The van der Waals surface area contributed by atoms with Gasteiger partial charge in [0.1, 0.15) is 12.6 Å². The van der Waals surface area contributed by atoms with Crippen LogP contribution in [0.4, 0.5) is 5.69 Å². The van der Waals surface area contributed by atoms with E-state index in [0.29, 0.717) is 4.90 Å². The highest BCUT2D eigenvalue weighted by molar-refractivity contribution is 7.55. The van der Waals surface area contributed by atoms with Crippen LogP contribution in [0.25, 0.3) is 0 Å². The van der Waals surface area contributed by atoms with Crippen molar-refractivity contribution in [2.45, 2.75) is 0 Å². The van der Waals surface area contributed by atoms with Gasteiger partial charge < -0.3 is 34.3 Å². The average molecular weight is 278 g/mol. The van der Waals surface area contributed by atoms with Crippen LogP contribution in [-0.2, 0) is 0 Å². The second kappa shape index (κ2) is 5.48. The highest BCUT2D eigenvalue weighted by Crippen LogP contribution is 2.37. The lowest BCUT2D eigenvalue weighted by Gasteiger charge is -2.50. The largest absolute Gasteiger partial charge is 0.686 e. The van der Waals surface area contributed by atoms with Crippen molar-refractivity contribution in [1.82, 2.24) is 4.98 Å². The number of pyridine rings is 1. The maximum absolute atomic E-state index is 10.6. The predicted octanol–water partition coefficient (Wildman–Crippen LogP) is -4.51. The van der Waals surface area contributed by atoms with Crippen molar-refractivity contribution in [2.75, 3.05) is 17.5 Å². The zero-order chi connectivity index (χ0) is 13.1. The molecule has 0 saturated carbocycles. The van der Waals surface area contributed by atoms with E-state index in [1.807, 2.05) is 0 Å². The SMILES string of the molecule is [O-][P+]([O-])([O-])CN(C[P+]([O-])([O-])[O-])c1cccnc1. The summed E-state index contributed by atoms with van der Waals surface area (Å²) in [4.78, 5) is 68.0. The summed E-state index contributed by atoms with van der Waals surface area (Å²) in [6.45, 7) is 0. The Balaban J connectivity index is 2.87. The fraction of sp³-hybridized carbons (Fsp3) is 0.286. The second-order valence-electron chi connectivity index (χ2n) is 3.26. The number of rotatable bonds is 5. The first-order valence-corrected chi connectivity index (χ1v) is 7.80. The normalized spacial score (nSPS) is 12.6. The third-order valence-corrected chi connectivity index (χ3v) is 3.07. The zero-order valence-corrected chi connectivity index (χ0v) is 10.3. The predicted molar refractivity (Wildman–Crippen MR) is 50.3 cm³/mol. The van der Waals surface area contributed by atoms with Gasteiger partial charge in [0.15, 0.2) is 0 Å². The van der Waals surface area contributed by atoms with E-state index in [1.165, 1.54) is 18.3 Å². The minimum Gasteiger partial charge on any atom is -0.686 e. The Morgan fingerprint density at radius 1 is 1.00 bits per heavy atom. The highest BCUT2D eigenvalue weighted by atomic mass is 31.2. The summed E-state index contributed by atoms with van der Waals surface area (Å²) >= 11 is 0. The molecule has 0 spiro atoms. The van der Waals surface area contributed by atoms with Gasteiger partial charge in [-0.25, -0.2) is 0 Å². The van der Waals surface area contributed by atoms with Crippen LogP contribution in [0.5, 0.6) is 0 Å². The molecule has 0 N–H and O–H groups in total. The molecular formula is C7H8N2O6P2-4. The summed E-state index contributed by atoms with van der Waals surface area (Å²) in [5.74, 6) is 0. The van der Waals surface area contributed by atoms with E-state index in [4.69, 9.17) is 0 Å². The van der Waals surface area contributed by atoms with E-state index in [1.54, 1.807) is 0 Å². The molecule has 0 radical (unpaired) electrons. The molecule has 0 aliphatic carbocycles. The molecule has 17 heavy (non-hydrogen) atoms. The fourth-order valence-corrected chi connectivity index (χ4v) is 2.69. The molecule has 0 fully saturated rings. The smallest absolute Gasteiger partial charge is 0.116 e. The lowest BCUT2D eigenvalue weighted by molar-refractivity contribution is -0.427. The van der Waals surface area contributed by atoms with Gasteiger partial charge in [0.2, 0.25) is 0 Å². The van der Waals surface area contributed by atoms with E-state index < -0.39 is 28.5 Å². The van der Waals surface area contributed by atoms with Crippen LogP contribution >= 0.6 is 15.9 Å².